The highest BCUT2D eigenvalue weighted by atomic mass is 79.9. The van der Waals surface area contributed by atoms with E-state index in [0.717, 1.165) is 35.5 Å². The summed E-state index contributed by atoms with van der Waals surface area (Å²) in [6.45, 7) is 0.816. The van der Waals surface area contributed by atoms with Gasteiger partial charge < -0.3 is 10.0 Å². The highest BCUT2D eigenvalue weighted by Gasteiger charge is 2.55. The summed E-state index contributed by atoms with van der Waals surface area (Å²) < 4.78 is 14.0. The van der Waals surface area contributed by atoms with Gasteiger partial charge in [-0.05, 0) is 49.2 Å². The standard InChI is InChI=1S/C19H16BrClFNO2S/c20-14-8-12(22)9-15-18(14)19(10-17(24)25,16-2-1-7-23(15)16)26-13-5-3-11(21)4-6-13/h3-6,8-9,16H,1-2,7,10H2,(H,24,25). The van der Waals surface area contributed by atoms with Crippen LogP contribution in [-0.4, -0.2) is 23.7 Å². The van der Waals surface area contributed by atoms with Crippen molar-refractivity contribution in [2.45, 2.75) is 34.9 Å². The minimum absolute atomic E-state index is 0.0207. The number of fused-ring (bicyclic) bond motifs is 3. The molecule has 2 unspecified atom stereocenters. The van der Waals surface area contributed by atoms with Crippen molar-refractivity contribution in [3.8, 4) is 0 Å². The zero-order valence-electron chi connectivity index (χ0n) is 13.7. The van der Waals surface area contributed by atoms with Crippen LogP contribution in [0.2, 0.25) is 5.02 Å². The monoisotopic (exact) mass is 455 g/mol. The lowest BCUT2D eigenvalue weighted by atomic mass is 9.89. The van der Waals surface area contributed by atoms with Crippen LogP contribution in [0, 0.1) is 5.82 Å². The largest absolute Gasteiger partial charge is 0.481 e. The second-order valence-electron chi connectivity index (χ2n) is 6.65. The van der Waals surface area contributed by atoms with Crippen molar-refractivity contribution in [2.24, 2.45) is 0 Å². The molecule has 7 heteroatoms. The predicted octanol–water partition coefficient (Wildman–Crippen LogP) is 5.69. The van der Waals surface area contributed by atoms with E-state index in [0.29, 0.717) is 9.50 Å². The Labute approximate surface area is 168 Å². The van der Waals surface area contributed by atoms with E-state index >= 15 is 0 Å². The first-order valence-corrected chi connectivity index (χ1v) is 10.3. The number of anilines is 1. The lowest BCUT2D eigenvalue weighted by Crippen LogP contribution is -2.40. The van der Waals surface area contributed by atoms with Crippen molar-refractivity contribution in [1.82, 2.24) is 0 Å². The number of hydrogen-bond donors (Lipinski definition) is 1. The smallest absolute Gasteiger partial charge is 0.305 e. The summed E-state index contributed by atoms with van der Waals surface area (Å²) in [4.78, 5) is 15.0. The Hall–Kier alpha value is -1.24. The van der Waals surface area contributed by atoms with E-state index in [9.17, 15) is 14.3 Å². The van der Waals surface area contributed by atoms with E-state index in [1.54, 1.807) is 23.9 Å². The summed E-state index contributed by atoms with van der Waals surface area (Å²) >= 11 is 11.0. The highest BCUT2D eigenvalue weighted by Crippen LogP contribution is 2.61. The van der Waals surface area contributed by atoms with Crippen LogP contribution in [0.4, 0.5) is 10.1 Å². The van der Waals surface area contributed by atoms with Crippen molar-refractivity contribution in [3.05, 3.63) is 57.3 Å². The van der Waals surface area contributed by atoms with Crippen molar-refractivity contribution in [2.75, 3.05) is 11.4 Å². The Morgan fingerprint density at radius 2 is 2.12 bits per heavy atom. The van der Waals surface area contributed by atoms with Crippen LogP contribution in [0.1, 0.15) is 24.8 Å². The fourth-order valence-electron chi connectivity index (χ4n) is 4.21. The van der Waals surface area contributed by atoms with Gasteiger partial charge in [0.2, 0.25) is 0 Å². The number of aliphatic carboxylic acids is 1. The molecule has 1 N–H and O–H groups in total. The van der Waals surface area contributed by atoms with Crippen LogP contribution in [0.15, 0.2) is 45.8 Å². The number of carboxylic acid groups (broad SMARTS) is 1. The van der Waals surface area contributed by atoms with Gasteiger partial charge in [-0.3, -0.25) is 4.79 Å². The molecule has 1 fully saturated rings. The van der Waals surface area contributed by atoms with Gasteiger partial charge in [-0.15, -0.1) is 11.8 Å². The fraction of sp³-hybridized carbons (Fsp3) is 0.316. The number of hydrogen-bond acceptors (Lipinski definition) is 3. The van der Waals surface area contributed by atoms with Crippen LogP contribution in [0.5, 0.6) is 0 Å². The van der Waals surface area contributed by atoms with Crippen LogP contribution in [0.3, 0.4) is 0 Å². The Kier molecular flexibility index (Phi) is 4.70. The van der Waals surface area contributed by atoms with Crippen LogP contribution in [0.25, 0.3) is 0 Å². The van der Waals surface area contributed by atoms with Crippen molar-refractivity contribution < 1.29 is 14.3 Å². The molecule has 0 aliphatic carbocycles. The molecule has 0 amide bonds. The maximum absolute atomic E-state index is 14.1. The lowest BCUT2D eigenvalue weighted by Gasteiger charge is -2.35. The molecule has 2 aliphatic rings. The fourth-order valence-corrected chi connectivity index (χ4v) is 6.83. The Bertz CT molecular complexity index is 879. The van der Waals surface area contributed by atoms with Crippen LogP contribution < -0.4 is 4.90 Å². The van der Waals surface area contributed by atoms with Crippen LogP contribution in [-0.2, 0) is 9.54 Å². The first kappa shape index (κ1) is 18.1. The Morgan fingerprint density at radius 3 is 2.81 bits per heavy atom. The van der Waals surface area contributed by atoms with E-state index in [2.05, 4.69) is 20.8 Å². The van der Waals surface area contributed by atoms with Gasteiger partial charge >= 0.3 is 5.97 Å². The first-order valence-electron chi connectivity index (χ1n) is 8.33. The third-order valence-corrected chi connectivity index (χ3v) is 7.46. The van der Waals surface area contributed by atoms with Gasteiger partial charge in [0.05, 0.1) is 11.2 Å². The van der Waals surface area contributed by atoms with Gasteiger partial charge in [0, 0.05) is 38.2 Å². The summed E-state index contributed by atoms with van der Waals surface area (Å²) in [5.74, 6) is -1.17. The van der Waals surface area contributed by atoms with E-state index in [-0.39, 0.29) is 18.3 Å². The molecule has 0 spiro atoms. The predicted molar refractivity (Wildman–Crippen MR) is 106 cm³/mol. The first-order chi connectivity index (χ1) is 12.4. The minimum atomic E-state index is -0.859. The molecule has 0 saturated carbocycles. The molecule has 2 aromatic rings. The molecule has 2 aliphatic heterocycles. The summed E-state index contributed by atoms with van der Waals surface area (Å²) in [6, 6.07) is 10.4. The second-order valence-corrected chi connectivity index (χ2v) is 9.34. The molecule has 2 aromatic carbocycles. The molecule has 136 valence electrons. The molecule has 0 bridgehead atoms. The van der Waals surface area contributed by atoms with E-state index in [4.69, 9.17) is 11.6 Å². The number of carbonyl (C=O) groups is 1. The average molecular weight is 457 g/mol. The maximum Gasteiger partial charge on any atom is 0.305 e. The molecular formula is C19H16BrClFNO2S. The molecule has 4 rings (SSSR count). The van der Waals surface area contributed by atoms with E-state index in [1.165, 1.54) is 12.1 Å². The third kappa shape index (κ3) is 2.92. The van der Waals surface area contributed by atoms with Crippen molar-refractivity contribution >= 4 is 50.9 Å². The number of thioether (sulfide) groups is 1. The number of halogens is 3. The zero-order valence-corrected chi connectivity index (χ0v) is 16.9. The Balaban J connectivity index is 1.90. The van der Waals surface area contributed by atoms with Gasteiger partial charge in [-0.2, -0.15) is 0 Å². The van der Waals surface area contributed by atoms with Crippen molar-refractivity contribution in [3.63, 3.8) is 0 Å². The third-order valence-electron chi connectivity index (χ3n) is 5.09. The van der Waals surface area contributed by atoms with E-state index in [1.807, 2.05) is 12.1 Å². The minimum Gasteiger partial charge on any atom is -0.481 e. The average Bonchev–Trinajstić information content (AvgIpc) is 3.12. The van der Waals surface area contributed by atoms with Crippen molar-refractivity contribution in [1.29, 1.82) is 0 Å². The molecule has 1 saturated heterocycles. The van der Waals surface area contributed by atoms with Gasteiger partial charge in [0.25, 0.3) is 0 Å². The summed E-state index contributed by atoms with van der Waals surface area (Å²) in [5, 5.41) is 10.3. The number of rotatable bonds is 4. The number of carboxylic acids is 1. The molecular weight excluding hydrogens is 441 g/mol. The Morgan fingerprint density at radius 1 is 1.38 bits per heavy atom. The van der Waals surface area contributed by atoms with Gasteiger partial charge in [0.1, 0.15) is 5.82 Å². The highest BCUT2D eigenvalue weighted by molar-refractivity contribution is 9.10. The normalized spacial score (nSPS) is 23.8. The molecule has 0 radical (unpaired) electrons. The maximum atomic E-state index is 14.1. The summed E-state index contributed by atoms with van der Waals surface area (Å²) in [7, 11) is 0. The second kappa shape index (κ2) is 6.73. The molecule has 26 heavy (non-hydrogen) atoms. The topological polar surface area (TPSA) is 40.5 Å². The summed E-state index contributed by atoms with van der Waals surface area (Å²) in [5.41, 5.74) is 1.69. The van der Waals surface area contributed by atoms with Gasteiger partial charge in [-0.1, -0.05) is 27.5 Å². The molecule has 2 atom stereocenters. The van der Waals surface area contributed by atoms with Crippen LogP contribution >= 0.6 is 39.3 Å². The molecule has 3 nitrogen and oxygen atoms in total. The molecule has 2 heterocycles. The van der Waals surface area contributed by atoms with Gasteiger partial charge in [0.15, 0.2) is 0 Å². The molecule has 0 aromatic heterocycles. The number of nitrogens with zero attached hydrogens (tertiary/aromatic N) is 1. The lowest BCUT2D eigenvalue weighted by molar-refractivity contribution is -0.137. The quantitative estimate of drug-likeness (QED) is 0.642. The zero-order chi connectivity index (χ0) is 18.5. The SMILES string of the molecule is O=C(O)CC1(Sc2ccc(Cl)cc2)c2c(Br)cc(F)cc2N2CCCC21. The van der Waals surface area contributed by atoms with Gasteiger partial charge in [-0.25, -0.2) is 4.39 Å². The van der Waals surface area contributed by atoms with E-state index < -0.39 is 10.7 Å². The summed E-state index contributed by atoms with van der Waals surface area (Å²) in [6.07, 6.45) is 1.83. The number of benzene rings is 2.